The van der Waals surface area contributed by atoms with Gasteiger partial charge in [-0.2, -0.15) is 0 Å². The normalized spacial score (nSPS) is 20.9. The van der Waals surface area contributed by atoms with Gasteiger partial charge >= 0.3 is 0 Å². The first-order valence-electron chi connectivity index (χ1n) is 17.6. The van der Waals surface area contributed by atoms with Crippen LogP contribution in [0.15, 0.2) is 48.5 Å². The number of ether oxygens (including phenoxy) is 3. The number of amides is 3. The molecular weight excluding hydrogens is 612 g/mol. The lowest BCUT2D eigenvalue weighted by atomic mass is 9.79. The van der Waals surface area contributed by atoms with Crippen LogP contribution in [0.1, 0.15) is 64.9 Å². The van der Waals surface area contributed by atoms with Crippen LogP contribution in [0.3, 0.4) is 0 Å². The molecule has 1 unspecified atom stereocenters. The van der Waals surface area contributed by atoms with Gasteiger partial charge in [-0.15, -0.1) is 0 Å². The average molecular weight is 665 g/mol. The number of piperazine rings is 1. The first-order valence-corrected chi connectivity index (χ1v) is 17.6. The molecule has 0 saturated carbocycles. The fourth-order valence-corrected chi connectivity index (χ4v) is 6.81. The molecule has 0 aromatic heterocycles. The minimum atomic E-state index is -0.908. The standard InChI is InChI=1S/C37H52N4O7/c1-4-5-18-41-35(44)32(33(42)28-14-21-46-22-15-28)39-36(45)37(41)16-19-40(20-17-37)25-27-6-10-30(11-7-27)47-23-24-48-31-12-8-29(9-13-31)38-34(43)26(2)3/h6-13,26,28,32-33,42H,4-5,14-25H2,1-3H3,(H,38,43)(H,39,45)/t32-,33?/m1/s1. The number of anilines is 1. The third-order valence-corrected chi connectivity index (χ3v) is 9.86. The van der Waals surface area contributed by atoms with E-state index in [4.69, 9.17) is 14.2 Å². The van der Waals surface area contributed by atoms with Crippen LogP contribution in [0, 0.1) is 11.8 Å². The second-order valence-corrected chi connectivity index (χ2v) is 13.6. The Labute approximate surface area is 284 Å². The van der Waals surface area contributed by atoms with Crippen molar-refractivity contribution in [3.8, 4) is 11.5 Å². The first kappa shape index (κ1) is 35.6. The Balaban J connectivity index is 1.08. The van der Waals surface area contributed by atoms with Crippen LogP contribution in [0.4, 0.5) is 5.69 Å². The van der Waals surface area contributed by atoms with Gasteiger partial charge in [-0.3, -0.25) is 19.3 Å². The molecule has 3 fully saturated rings. The molecule has 3 N–H and O–H groups in total. The van der Waals surface area contributed by atoms with E-state index in [9.17, 15) is 19.5 Å². The minimum Gasteiger partial charge on any atom is -0.490 e. The fourth-order valence-electron chi connectivity index (χ4n) is 6.81. The monoisotopic (exact) mass is 664 g/mol. The van der Waals surface area contributed by atoms with Crippen molar-refractivity contribution in [1.29, 1.82) is 0 Å². The van der Waals surface area contributed by atoms with E-state index in [1.807, 2.05) is 50.2 Å². The molecule has 1 spiro atoms. The predicted octanol–water partition coefficient (Wildman–Crippen LogP) is 3.99. The summed E-state index contributed by atoms with van der Waals surface area (Å²) in [5.41, 5.74) is 1.01. The average Bonchev–Trinajstić information content (AvgIpc) is 3.10. The molecule has 3 amide bonds. The summed E-state index contributed by atoms with van der Waals surface area (Å²) in [6, 6.07) is 14.4. The summed E-state index contributed by atoms with van der Waals surface area (Å²) in [7, 11) is 0. The highest BCUT2D eigenvalue weighted by Crippen LogP contribution is 2.35. The van der Waals surface area contributed by atoms with Crippen molar-refractivity contribution in [1.82, 2.24) is 15.1 Å². The summed E-state index contributed by atoms with van der Waals surface area (Å²) in [6.45, 7) is 10.4. The van der Waals surface area contributed by atoms with E-state index in [0.29, 0.717) is 77.5 Å². The van der Waals surface area contributed by atoms with E-state index in [-0.39, 0.29) is 29.6 Å². The van der Waals surface area contributed by atoms with Crippen LogP contribution in [-0.4, -0.2) is 96.4 Å². The van der Waals surface area contributed by atoms with E-state index < -0.39 is 17.7 Å². The maximum atomic E-state index is 13.8. The molecular formula is C37H52N4O7. The first-order chi connectivity index (χ1) is 23.2. The quantitative estimate of drug-likeness (QED) is 0.259. The van der Waals surface area contributed by atoms with Gasteiger partial charge in [0.05, 0.1) is 6.10 Å². The number of benzene rings is 2. The molecule has 0 radical (unpaired) electrons. The largest absolute Gasteiger partial charge is 0.490 e. The second kappa shape index (κ2) is 16.6. The summed E-state index contributed by atoms with van der Waals surface area (Å²) in [4.78, 5) is 43.6. The maximum absolute atomic E-state index is 13.8. The molecule has 11 heteroatoms. The van der Waals surface area contributed by atoms with Gasteiger partial charge < -0.3 is 34.9 Å². The Morgan fingerprint density at radius 1 is 1.00 bits per heavy atom. The zero-order valence-corrected chi connectivity index (χ0v) is 28.6. The highest BCUT2D eigenvalue weighted by atomic mass is 16.5. The zero-order valence-electron chi connectivity index (χ0n) is 28.6. The van der Waals surface area contributed by atoms with Crippen molar-refractivity contribution in [3.05, 3.63) is 54.1 Å². The highest BCUT2D eigenvalue weighted by Gasteiger charge is 2.55. The van der Waals surface area contributed by atoms with Crippen molar-refractivity contribution in [2.75, 3.05) is 51.4 Å². The molecule has 3 heterocycles. The smallest absolute Gasteiger partial charge is 0.248 e. The summed E-state index contributed by atoms with van der Waals surface area (Å²) in [6.07, 6.45) is 3.33. The highest BCUT2D eigenvalue weighted by molar-refractivity contribution is 6.00. The molecule has 5 rings (SSSR count). The number of rotatable bonds is 14. The van der Waals surface area contributed by atoms with Crippen LogP contribution in [0.5, 0.6) is 11.5 Å². The van der Waals surface area contributed by atoms with Gasteiger partial charge in [-0.1, -0.05) is 39.3 Å². The van der Waals surface area contributed by atoms with E-state index in [0.717, 1.165) is 36.4 Å². The van der Waals surface area contributed by atoms with Crippen molar-refractivity contribution in [3.63, 3.8) is 0 Å². The van der Waals surface area contributed by atoms with Crippen molar-refractivity contribution in [2.45, 2.75) is 83.5 Å². The molecule has 2 aromatic rings. The number of likely N-dealkylation sites (tertiary alicyclic amines) is 1. The number of nitrogens with zero attached hydrogens (tertiary/aromatic N) is 2. The number of hydrogen-bond acceptors (Lipinski definition) is 8. The molecule has 3 aliphatic heterocycles. The lowest BCUT2D eigenvalue weighted by Gasteiger charge is -2.52. The molecule has 11 nitrogen and oxygen atoms in total. The number of piperidine rings is 1. The Kier molecular flexibility index (Phi) is 12.3. The number of carbonyl (C=O) groups excluding carboxylic acids is 3. The molecule has 0 bridgehead atoms. The predicted molar refractivity (Wildman–Crippen MR) is 183 cm³/mol. The third kappa shape index (κ3) is 8.67. The molecule has 48 heavy (non-hydrogen) atoms. The summed E-state index contributed by atoms with van der Waals surface area (Å²) >= 11 is 0. The van der Waals surface area contributed by atoms with Gasteiger partial charge in [0.15, 0.2) is 0 Å². The zero-order chi connectivity index (χ0) is 34.1. The molecule has 0 aliphatic carbocycles. The van der Waals surface area contributed by atoms with Gasteiger partial charge in [-0.05, 0) is 80.0 Å². The van der Waals surface area contributed by atoms with E-state index in [2.05, 4.69) is 34.6 Å². The number of aliphatic hydroxyl groups is 1. The topological polar surface area (TPSA) is 130 Å². The lowest BCUT2D eigenvalue weighted by Crippen LogP contribution is -2.75. The molecule has 2 atom stereocenters. The van der Waals surface area contributed by atoms with Gasteiger partial charge in [0, 0.05) is 51.0 Å². The van der Waals surface area contributed by atoms with Crippen molar-refractivity contribution in [2.24, 2.45) is 11.8 Å². The Hall–Kier alpha value is -3.67. The number of unbranched alkanes of at least 4 members (excludes halogenated alkanes) is 1. The van der Waals surface area contributed by atoms with Crippen LogP contribution >= 0.6 is 0 Å². The Bertz CT molecular complexity index is 1350. The van der Waals surface area contributed by atoms with Gasteiger partial charge in [0.25, 0.3) is 0 Å². The van der Waals surface area contributed by atoms with E-state index in [1.54, 1.807) is 4.90 Å². The van der Waals surface area contributed by atoms with Crippen molar-refractivity contribution >= 4 is 23.4 Å². The molecule has 2 aromatic carbocycles. The van der Waals surface area contributed by atoms with Crippen LogP contribution in [-0.2, 0) is 25.7 Å². The van der Waals surface area contributed by atoms with Gasteiger partial charge in [-0.25, -0.2) is 0 Å². The Morgan fingerprint density at radius 3 is 2.19 bits per heavy atom. The maximum Gasteiger partial charge on any atom is 0.248 e. The van der Waals surface area contributed by atoms with Gasteiger partial charge in [0.1, 0.15) is 36.3 Å². The lowest BCUT2D eigenvalue weighted by molar-refractivity contribution is -0.166. The fraction of sp³-hybridized carbons (Fsp3) is 0.595. The summed E-state index contributed by atoms with van der Waals surface area (Å²) in [5, 5.41) is 17.0. The number of aliphatic hydroxyl groups excluding tert-OH is 1. The summed E-state index contributed by atoms with van der Waals surface area (Å²) in [5.74, 6) is 1.02. The number of nitrogens with one attached hydrogen (secondary N) is 2. The molecule has 3 aliphatic rings. The summed E-state index contributed by atoms with van der Waals surface area (Å²) < 4.78 is 17.1. The second-order valence-electron chi connectivity index (χ2n) is 13.6. The molecule has 3 saturated heterocycles. The van der Waals surface area contributed by atoms with Crippen LogP contribution < -0.4 is 20.1 Å². The van der Waals surface area contributed by atoms with E-state index >= 15 is 0 Å². The van der Waals surface area contributed by atoms with Crippen LogP contribution in [0.2, 0.25) is 0 Å². The van der Waals surface area contributed by atoms with Gasteiger partial charge in [0.2, 0.25) is 17.7 Å². The van der Waals surface area contributed by atoms with E-state index in [1.165, 1.54) is 0 Å². The number of carbonyl (C=O) groups is 3. The SMILES string of the molecule is CCCCN1C(=O)[C@@H](C(O)C2CCOCC2)NC(=O)C12CCN(Cc1ccc(OCCOc3ccc(NC(=O)C(C)C)cc3)cc1)CC2. The number of hydrogen-bond donors (Lipinski definition) is 3. The molecule has 262 valence electrons. The van der Waals surface area contributed by atoms with Crippen molar-refractivity contribution < 1.29 is 33.7 Å². The third-order valence-electron chi connectivity index (χ3n) is 9.86. The Morgan fingerprint density at radius 2 is 1.60 bits per heavy atom. The minimum absolute atomic E-state index is 0.0235. The van der Waals surface area contributed by atoms with Crippen LogP contribution in [0.25, 0.3) is 0 Å².